The van der Waals surface area contributed by atoms with Crippen LogP contribution >= 0.6 is 0 Å². The van der Waals surface area contributed by atoms with Gasteiger partial charge in [-0.1, -0.05) is 54.6 Å². The van der Waals surface area contributed by atoms with Crippen molar-refractivity contribution in [3.63, 3.8) is 0 Å². The molecule has 0 aliphatic carbocycles. The first-order valence-corrected chi connectivity index (χ1v) is 8.67. The highest BCUT2D eigenvalue weighted by atomic mass is 16.6. The highest BCUT2D eigenvalue weighted by Gasteiger charge is 2.13. The topological polar surface area (TPSA) is 56.0 Å². The SMILES string of the molecule is O=[N+]([O-])c1ccc(-c2nc3ccccc3c3c2ccc2ccccc23)cc1. The molecule has 0 atom stereocenters. The lowest BCUT2D eigenvalue weighted by molar-refractivity contribution is -0.384. The molecule has 4 heteroatoms. The molecule has 0 saturated carbocycles. The zero-order chi connectivity index (χ0) is 18.4. The van der Waals surface area contributed by atoms with Crippen molar-refractivity contribution in [3.05, 3.63) is 95.0 Å². The van der Waals surface area contributed by atoms with Gasteiger partial charge in [-0.3, -0.25) is 10.1 Å². The molecule has 0 aliphatic rings. The van der Waals surface area contributed by atoms with Crippen molar-refractivity contribution >= 4 is 38.1 Å². The number of rotatable bonds is 2. The van der Waals surface area contributed by atoms with Gasteiger partial charge < -0.3 is 0 Å². The van der Waals surface area contributed by atoms with Crippen LogP contribution in [0.4, 0.5) is 5.69 Å². The Hall–Kier alpha value is -3.79. The summed E-state index contributed by atoms with van der Waals surface area (Å²) in [5, 5.41) is 16.6. The smallest absolute Gasteiger partial charge is 0.258 e. The van der Waals surface area contributed by atoms with E-state index >= 15 is 0 Å². The van der Waals surface area contributed by atoms with Gasteiger partial charge in [-0.15, -0.1) is 0 Å². The molecule has 0 spiro atoms. The minimum atomic E-state index is -0.386. The molecule has 5 aromatic rings. The molecule has 0 radical (unpaired) electrons. The molecule has 128 valence electrons. The number of nitro benzene ring substituents is 1. The fraction of sp³-hybridized carbons (Fsp3) is 0. The number of fused-ring (bicyclic) bond motifs is 5. The van der Waals surface area contributed by atoms with Gasteiger partial charge in [-0.05, 0) is 29.0 Å². The highest BCUT2D eigenvalue weighted by Crippen LogP contribution is 2.37. The number of nitrogens with zero attached hydrogens (tertiary/aromatic N) is 2. The predicted molar refractivity (Wildman–Crippen MR) is 109 cm³/mol. The first-order chi connectivity index (χ1) is 13.2. The number of benzene rings is 4. The van der Waals surface area contributed by atoms with Crippen LogP contribution in [0, 0.1) is 10.1 Å². The van der Waals surface area contributed by atoms with Crippen molar-refractivity contribution in [2.45, 2.75) is 0 Å². The van der Waals surface area contributed by atoms with Gasteiger partial charge in [-0.2, -0.15) is 0 Å². The van der Waals surface area contributed by atoms with Gasteiger partial charge in [0.25, 0.3) is 5.69 Å². The van der Waals surface area contributed by atoms with Crippen LogP contribution in [0.2, 0.25) is 0 Å². The number of hydrogen-bond acceptors (Lipinski definition) is 3. The molecule has 0 amide bonds. The van der Waals surface area contributed by atoms with E-state index in [0.29, 0.717) is 0 Å². The molecule has 0 bridgehead atoms. The summed E-state index contributed by atoms with van der Waals surface area (Å²) in [6.07, 6.45) is 0. The molecule has 1 aromatic heterocycles. The van der Waals surface area contributed by atoms with Gasteiger partial charge in [0.05, 0.1) is 16.1 Å². The Balaban J connectivity index is 1.92. The lowest BCUT2D eigenvalue weighted by Gasteiger charge is -2.12. The molecular weight excluding hydrogens is 336 g/mol. The maximum atomic E-state index is 11.0. The monoisotopic (exact) mass is 350 g/mol. The van der Waals surface area contributed by atoms with Crippen molar-refractivity contribution in [1.29, 1.82) is 0 Å². The third kappa shape index (κ3) is 2.42. The zero-order valence-corrected chi connectivity index (χ0v) is 14.3. The maximum absolute atomic E-state index is 11.0. The first-order valence-electron chi connectivity index (χ1n) is 8.67. The van der Waals surface area contributed by atoms with Crippen LogP contribution in [-0.4, -0.2) is 9.91 Å². The molecule has 27 heavy (non-hydrogen) atoms. The Bertz CT molecular complexity index is 1330. The fourth-order valence-electron chi connectivity index (χ4n) is 3.68. The summed E-state index contributed by atoms with van der Waals surface area (Å²) in [7, 11) is 0. The first kappa shape index (κ1) is 15.5. The van der Waals surface area contributed by atoms with Crippen LogP contribution in [0.3, 0.4) is 0 Å². The average Bonchev–Trinajstić information content (AvgIpc) is 2.72. The Morgan fingerprint density at radius 3 is 2.19 bits per heavy atom. The number of pyridine rings is 1. The molecule has 0 unspecified atom stereocenters. The third-order valence-corrected chi connectivity index (χ3v) is 4.94. The van der Waals surface area contributed by atoms with Gasteiger partial charge in [0.2, 0.25) is 0 Å². The molecule has 1 heterocycles. The standard InChI is InChI=1S/C23H14N2O2/c26-25(27)17-12-9-16(10-13-17)23-20-14-11-15-5-1-2-6-18(15)22(20)19-7-3-4-8-21(19)24-23/h1-14H. The Morgan fingerprint density at radius 2 is 1.41 bits per heavy atom. The van der Waals surface area contributed by atoms with E-state index in [4.69, 9.17) is 4.98 Å². The van der Waals surface area contributed by atoms with E-state index in [1.54, 1.807) is 12.1 Å². The van der Waals surface area contributed by atoms with E-state index in [1.807, 2.05) is 30.3 Å². The minimum absolute atomic E-state index is 0.0781. The molecule has 4 aromatic carbocycles. The van der Waals surface area contributed by atoms with Crippen molar-refractivity contribution in [3.8, 4) is 11.3 Å². The van der Waals surface area contributed by atoms with Crippen LogP contribution in [0.5, 0.6) is 0 Å². The molecule has 0 saturated heterocycles. The Kier molecular flexibility index (Phi) is 3.37. The molecule has 5 rings (SSSR count). The van der Waals surface area contributed by atoms with E-state index in [2.05, 4.69) is 30.3 Å². The Labute approximate surface area is 154 Å². The summed E-state index contributed by atoms with van der Waals surface area (Å²) in [6, 6.07) is 27.2. The Morgan fingerprint density at radius 1 is 0.704 bits per heavy atom. The van der Waals surface area contributed by atoms with Gasteiger partial charge in [0.15, 0.2) is 0 Å². The predicted octanol–water partition coefficient (Wildman–Crippen LogP) is 6.12. The fourth-order valence-corrected chi connectivity index (χ4v) is 3.68. The molecule has 0 N–H and O–H groups in total. The summed E-state index contributed by atoms with van der Waals surface area (Å²) < 4.78 is 0. The van der Waals surface area contributed by atoms with Gasteiger partial charge in [-0.25, -0.2) is 4.98 Å². The number of hydrogen-bond donors (Lipinski definition) is 0. The maximum Gasteiger partial charge on any atom is 0.269 e. The van der Waals surface area contributed by atoms with Gasteiger partial charge in [0, 0.05) is 33.9 Å². The lowest BCUT2D eigenvalue weighted by atomic mass is 9.95. The van der Waals surface area contributed by atoms with Crippen molar-refractivity contribution in [1.82, 2.24) is 4.98 Å². The van der Waals surface area contributed by atoms with Crippen molar-refractivity contribution < 1.29 is 4.92 Å². The van der Waals surface area contributed by atoms with Crippen LogP contribution in [0.25, 0.3) is 43.7 Å². The number of para-hydroxylation sites is 1. The minimum Gasteiger partial charge on any atom is -0.258 e. The summed E-state index contributed by atoms with van der Waals surface area (Å²) in [5.74, 6) is 0. The highest BCUT2D eigenvalue weighted by molar-refractivity contribution is 6.22. The van der Waals surface area contributed by atoms with Crippen LogP contribution < -0.4 is 0 Å². The summed E-state index contributed by atoms with van der Waals surface area (Å²) in [5.41, 5.74) is 2.69. The van der Waals surface area contributed by atoms with E-state index in [9.17, 15) is 10.1 Å². The molecule has 0 aliphatic heterocycles. The lowest BCUT2D eigenvalue weighted by Crippen LogP contribution is -1.92. The number of aromatic nitrogens is 1. The second-order valence-corrected chi connectivity index (χ2v) is 6.49. The number of non-ortho nitro benzene ring substituents is 1. The van der Waals surface area contributed by atoms with E-state index < -0.39 is 0 Å². The third-order valence-electron chi connectivity index (χ3n) is 4.94. The van der Waals surface area contributed by atoms with E-state index in [0.717, 1.165) is 32.9 Å². The normalized spacial score (nSPS) is 11.3. The molecule has 4 nitrogen and oxygen atoms in total. The average molecular weight is 350 g/mol. The molecular formula is C23H14N2O2. The van der Waals surface area contributed by atoms with Crippen molar-refractivity contribution in [2.24, 2.45) is 0 Å². The zero-order valence-electron chi connectivity index (χ0n) is 14.3. The number of nitro groups is 1. The van der Waals surface area contributed by atoms with E-state index in [1.165, 1.54) is 22.9 Å². The molecule has 0 fully saturated rings. The van der Waals surface area contributed by atoms with Crippen LogP contribution in [0.15, 0.2) is 84.9 Å². The summed E-state index contributed by atoms with van der Waals surface area (Å²) in [6.45, 7) is 0. The van der Waals surface area contributed by atoms with Crippen LogP contribution in [0.1, 0.15) is 0 Å². The van der Waals surface area contributed by atoms with Gasteiger partial charge in [0.1, 0.15) is 0 Å². The van der Waals surface area contributed by atoms with Gasteiger partial charge >= 0.3 is 0 Å². The second-order valence-electron chi connectivity index (χ2n) is 6.49. The summed E-state index contributed by atoms with van der Waals surface area (Å²) in [4.78, 5) is 15.5. The van der Waals surface area contributed by atoms with Crippen LogP contribution in [-0.2, 0) is 0 Å². The summed E-state index contributed by atoms with van der Waals surface area (Å²) >= 11 is 0. The van der Waals surface area contributed by atoms with E-state index in [-0.39, 0.29) is 10.6 Å². The largest absolute Gasteiger partial charge is 0.269 e. The van der Waals surface area contributed by atoms with Crippen molar-refractivity contribution in [2.75, 3.05) is 0 Å². The second kappa shape index (κ2) is 5.88. The quantitative estimate of drug-likeness (QED) is 0.219.